The normalized spacial score (nSPS) is 20.0. The molecule has 2 unspecified atom stereocenters. The van der Waals surface area contributed by atoms with E-state index in [2.05, 4.69) is 4.74 Å². The molecule has 0 bridgehead atoms. The summed E-state index contributed by atoms with van der Waals surface area (Å²) in [5.74, 6) is -0.884. The summed E-state index contributed by atoms with van der Waals surface area (Å²) in [5.41, 5.74) is 1.06. The van der Waals surface area contributed by atoms with E-state index >= 15 is 0 Å². The Balaban J connectivity index is 2.04. The zero-order chi connectivity index (χ0) is 14.5. The molecule has 108 valence electrons. The number of hydrogen-bond donors (Lipinski definition) is 1. The molecule has 1 aliphatic heterocycles. The fourth-order valence-corrected chi connectivity index (χ4v) is 2.57. The van der Waals surface area contributed by atoms with Crippen molar-refractivity contribution in [1.82, 2.24) is 4.90 Å². The van der Waals surface area contributed by atoms with Crippen LogP contribution in [0.4, 0.5) is 0 Å². The molecule has 1 aromatic rings. The Kier molecular flexibility index (Phi) is 4.74. The number of carbonyl (C=O) groups excluding carboxylic acids is 2. The summed E-state index contributed by atoms with van der Waals surface area (Å²) in [4.78, 5) is 25.1. The Morgan fingerprint density at radius 2 is 2.15 bits per heavy atom. The van der Waals surface area contributed by atoms with Crippen LogP contribution in [0.1, 0.15) is 12.0 Å². The highest BCUT2D eigenvalue weighted by atomic mass is 16.5. The third-order valence-electron chi connectivity index (χ3n) is 3.66. The van der Waals surface area contributed by atoms with Crippen LogP contribution < -0.4 is 0 Å². The molecule has 2 rings (SSSR count). The predicted octanol–water partition coefficient (Wildman–Crippen LogP) is 0.611. The first-order valence-electron chi connectivity index (χ1n) is 6.67. The number of aliphatic hydroxyl groups is 1. The van der Waals surface area contributed by atoms with Gasteiger partial charge in [0.25, 0.3) is 0 Å². The molecular weight excluding hydrogens is 258 g/mol. The van der Waals surface area contributed by atoms with Gasteiger partial charge in [0.15, 0.2) is 0 Å². The van der Waals surface area contributed by atoms with Gasteiger partial charge >= 0.3 is 5.97 Å². The van der Waals surface area contributed by atoms with Crippen LogP contribution in [0.3, 0.4) is 0 Å². The van der Waals surface area contributed by atoms with Gasteiger partial charge in [-0.05, 0) is 12.0 Å². The average Bonchev–Trinajstić information content (AvgIpc) is 2.87. The standard InChI is InChI=1S/C15H19NO4/c1-20-15(19)12-8-14(18)16(9-12)13(10-17)7-11-5-3-2-4-6-11/h2-6,12-13,17H,7-10H2,1H3. The minimum Gasteiger partial charge on any atom is -0.469 e. The van der Waals surface area contributed by atoms with Crippen LogP contribution >= 0.6 is 0 Å². The number of methoxy groups -OCH3 is 1. The fraction of sp³-hybridized carbons (Fsp3) is 0.467. The van der Waals surface area contributed by atoms with E-state index < -0.39 is 5.92 Å². The van der Waals surface area contributed by atoms with Crippen LogP contribution in [-0.4, -0.2) is 48.2 Å². The van der Waals surface area contributed by atoms with Gasteiger partial charge in [0.05, 0.1) is 25.7 Å². The van der Waals surface area contributed by atoms with Gasteiger partial charge in [0.2, 0.25) is 5.91 Å². The Hall–Kier alpha value is -1.88. The largest absolute Gasteiger partial charge is 0.469 e. The summed E-state index contributed by atoms with van der Waals surface area (Å²) in [6.07, 6.45) is 0.745. The van der Waals surface area contributed by atoms with Crippen LogP contribution in [0, 0.1) is 5.92 Å². The molecule has 1 amide bonds. The Labute approximate surface area is 118 Å². The van der Waals surface area contributed by atoms with E-state index in [1.54, 1.807) is 4.90 Å². The monoisotopic (exact) mass is 277 g/mol. The predicted molar refractivity (Wildman–Crippen MR) is 72.9 cm³/mol. The lowest BCUT2D eigenvalue weighted by Gasteiger charge is -2.26. The number of aliphatic hydroxyl groups excluding tert-OH is 1. The lowest BCUT2D eigenvalue weighted by atomic mass is 10.1. The maximum absolute atomic E-state index is 12.0. The number of amides is 1. The van der Waals surface area contributed by atoms with Crippen molar-refractivity contribution in [3.8, 4) is 0 Å². The number of rotatable bonds is 5. The Morgan fingerprint density at radius 3 is 2.75 bits per heavy atom. The van der Waals surface area contributed by atoms with E-state index in [0.29, 0.717) is 13.0 Å². The van der Waals surface area contributed by atoms with Crippen LogP contribution in [0.5, 0.6) is 0 Å². The lowest BCUT2D eigenvalue weighted by Crippen LogP contribution is -2.41. The van der Waals surface area contributed by atoms with Crippen molar-refractivity contribution in [2.45, 2.75) is 18.9 Å². The maximum atomic E-state index is 12.0. The first-order chi connectivity index (χ1) is 9.65. The van der Waals surface area contributed by atoms with Crippen molar-refractivity contribution in [3.63, 3.8) is 0 Å². The molecule has 0 spiro atoms. The second-order valence-electron chi connectivity index (χ2n) is 5.00. The number of nitrogens with zero attached hydrogens (tertiary/aromatic N) is 1. The highest BCUT2D eigenvalue weighted by Gasteiger charge is 2.38. The molecule has 5 nitrogen and oxygen atoms in total. The number of benzene rings is 1. The van der Waals surface area contributed by atoms with E-state index in [0.717, 1.165) is 5.56 Å². The molecule has 5 heteroatoms. The Morgan fingerprint density at radius 1 is 1.45 bits per heavy atom. The highest BCUT2D eigenvalue weighted by molar-refractivity contribution is 5.87. The van der Waals surface area contributed by atoms with Crippen molar-refractivity contribution < 1.29 is 19.4 Å². The molecular formula is C15H19NO4. The molecule has 0 saturated carbocycles. The molecule has 20 heavy (non-hydrogen) atoms. The summed E-state index contributed by atoms with van der Waals surface area (Å²) in [6.45, 7) is 0.206. The quantitative estimate of drug-likeness (QED) is 0.801. The minimum absolute atomic E-state index is 0.101. The summed E-state index contributed by atoms with van der Waals surface area (Å²) in [7, 11) is 1.32. The fourth-order valence-electron chi connectivity index (χ4n) is 2.57. The molecule has 2 atom stereocenters. The van der Waals surface area contributed by atoms with Crippen molar-refractivity contribution in [1.29, 1.82) is 0 Å². The van der Waals surface area contributed by atoms with Crippen LogP contribution in [0.15, 0.2) is 30.3 Å². The van der Waals surface area contributed by atoms with Gasteiger partial charge in [-0.2, -0.15) is 0 Å². The van der Waals surface area contributed by atoms with E-state index in [-0.39, 0.29) is 30.9 Å². The molecule has 1 aromatic carbocycles. The summed E-state index contributed by atoms with van der Waals surface area (Å²) in [6, 6.07) is 9.40. The summed E-state index contributed by atoms with van der Waals surface area (Å²) in [5, 5.41) is 9.54. The lowest BCUT2D eigenvalue weighted by molar-refractivity contribution is -0.145. The van der Waals surface area contributed by atoms with E-state index in [9.17, 15) is 14.7 Å². The average molecular weight is 277 g/mol. The van der Waals surface area contributed by atoms with Crippen molar-refractivity contribution >= 4 is 11.9 Å². The van der Waals surface area contributed by atoms with Gasteiger partial charge in [-0.3, -0.25) is 9.59 Å². The number of likely N-dealkylation sites (tertiary alicyclic amines) is 1. The number of hydrogen-bond acceptors (Lipinski definition) is 4. The number of esters is 1. The van der Waals surface area contributed by atoms with Gasteiger partial charge in [-0.1, -0.05) is 30.3 Å². The third kappa shape index (κ3) is 3.17. The second kappa shape index (κ2) is 6.52. The number of ether oxygens (including phenoxy) is 1. The molecule has 1 aliphatic rings. The first kappa shape index (κ1) is 14.5. The smallest absolute Gasteiger partial charge is 0.310 e. The third-order valence-corrected chi connectivity index (χ3v) is 3.66. The molecule has 1 saturated heterocycles. The summed E-state index contributed by atoms with van der Waals surface area (Å²) < 4.78 is 4.68. The minimum atomic E-state index is -0.419. The molecule has 1 heterocycles. The van der Waals surface area contributed by atoms with E-state index in [4.69, 9.17) is 0 Å². The number of carbonyl (C=O) groups is 2. The van der Waals surface area contributed by atoms with Gasteiger partial charge in [-0.15, -0.1) is 0 Å². The van der Waals surface area contributed by atoms with Crippen molar-refractivity contribution in [2.75, 3.05) is 20.3 Å². The molecule has 1 N–H and O–H groups in total. The molecule has 0 aromatic heterocycles. The van der Waals surface area contributed by atoms with Gasteiger partial charge in [0, 0.05) is 13.0 Å². The van der Waals surface area contributed by atoms with E-state index in [1.807, 2.05) is 30.3 Å². The maximum Gasteiger partial charge on any atom is 0.310 e. The molecule has 0 aliphatic carbocycles. The highest BCUT2D eigenvalue weighted by Crippen LogP contribution is 2.22. The van der Waals surface area contributed by atoms with Gasteiger partial charge < -0.3 is 14.7 Å². The van der Waals surface area contributed by atoms with Gasteiger partial charge in [-0.25, -0.2) is 0 Å². The molecule has 0 radical (unpaired) electrons. The second-order valence-corrected chi connectivity index (χ2v) is 5.00. The zero-order valence-electron chi connectivity index (χ0n) is 11.5. The van der Waals surface area contributed by atoms with Crippen molar-refractivity contribution in [3.05, 3.63) is 35.9 Å². The Bertz CT molecular complexity index is 474. The van der Waals surface area contributed by atoms with E-state index in [1.165, 1.54) is 7.11 Å². The van der Waals surface area contributed by atoms with Crippen LogP contribution in [0.25, 0.3) is 0 Å². The van der Waals surface area contributed by atoms with Crippen LogP contribution in [0.2, 0.25) is 0 Å². The SMILES string of the molecule is COC(=O)C1CC(=O)N(C(CO)Cc2ccccc2)C1. The summed E-state index contributed by atoms with van der Waals surface area (Å²) >= 11 is 0. The van der Waals surface area contributed by atoms with Crippen molar-refractivity contribution in [2.24, 2.45) is 5.92 Å². The van der Waals surface area contributed by atoms with Crippen LogP contribution in [-0.2, 0) is 20.7 Å². The topological polar surface area (TPSA) is 66.8 Å². The first-order valence-corrected chi connectivity index (χ1v) is 6.67. The molecule has 1 fully saturated rings. The zero-order valence-corrected chi connectivity index (χ0v) is 11.5. The van der Waals surface area contributed by atoms with Gasteiger partial charge in [0.1, 0.15) is 0 Å².